The van der Waals surface area contributed by atoms with Crippen LogP contribution in [0, 0.1) is 5.82 Å². The van der Waals surface area contributed by atoms with Crippen molar-refractivity contribution in [1.82, 2.24) is 4.90 Å². The number of hydrogen-bond acceptors (Lipinski definition) is 3. The Hall–Kier alpha value is -1.62. The Bertz CT molecular complexity index is 447. The summed E-state index contributed by atoms with van der Waals surface area (Å²) in [4.78, 5) is 14.2. The second-order valence-electron chi connectivity index (χ2n) is 4.70. The van der Waals surface area contributed by atoms with Gasteiger partial charge in [0, 0.05) is 25.4 Å². The summed E-state index contributed by atoms with van der Waals surface area (Å²) in [6.07, 6.45) is 1.64. The van der Waals surface area contributed by atoms with Crippen molar-refractivity contribution in [2.75, 3.05) is 26.0 Å². The van der Waals surface area contributed by atoms with E-state index in [0.717, 1.165) is 12.8 Å². The molecule has 0 heterocycles. The molecule has 5 heteroatoms. The van der Waals surface area contributed by atoms with Crippen LogP contribution in [0.25, 0.3) is 0 Å². The van der Waals surface area contributed by atoms with Crippen LogP contribution >= 0.6 is 0 Å². The van der Waals surface area contributed by atoms with Crippen LogP contribution in [0.2, 0.25) is 0 Å². The van der Waals surface area contributed by atoms with E-state index in [1.807, 2.05) is 13.8 Å². The highest BCUT2D eigenvalue weighted by Crippen LogP contribution is 2.18. The molecule has 0 bridgehead atoms. The minimum absolute atomic E-state index is 0.0576. The molecule has 0 spiro atoms. The van der Waals surface area contributed by atoms with Crippen LogP contribution in [-0.2, 0) is 4.74 Å². The Balaban J connectivity index is 3.02. The van der Waals surface area contributed by atoms with E-state index in [0.29, 0.717) is 18.8 Å². The van der Waals surface area contributed by atoms with Gasteiger partial charge >= 0.3 is 0 Å². The van der Waals surface area contributed by atoms with Gasteiger partial charge in [-0.25, -0.2) is 4.39 Å². The summed E-state index contributed by atoms with van der Waals surface area (Å²) >= 11 is 0. The molecule has 1 amide bonds. The first-order chi connectivity index (χ1) is 9.54. The van der Waals surface area contributed by atoms with Gasteiger partial charge in [0.25, 0.3) is 5.91 Å². The van der Waals surface area contributed by atoms with Crippen molar-refractivity contribution < 1.29 is 13.9 Å². The number of carbonyl (C=O) groups excluding carboxylic acids is 1. The Morgan fingerprint density at radius 1 is 1.40 bits per heavy atom. The summed E-state index contributed by atoms with van der Waals surface area (Å²) in [6.45, 7) is 4.91. The highest BCUT2D eigenvalue weighted by molar-refractivity contribution is 5.95. The first-order valence-electron chi connectivity index (χ1n) is 6.90. The number of benzene rings is 1. The molecule has 1 aromatic carbocycles. The van der Waals surface area contributed by atoms with Crippen molar-refractivity contribution in [1.29, 1.82) is 0 Å². The normalized spacial score (nSPS) is 10.8. The number of amides is 1. The number of nitrogens with zero attached hydrogens (tertiary/aromatic N) is 1. The lowest BCUT2D eigenvalue weighted by Crippen LogP contribution is -2.42. The third kappa shape index (κ3) is 3.93. The zero-order valence-electron chi connectivity index (χ0n) is 12.4. The summed E-state index contributed by atoms with van der Waals surface area (Å²) in [5.74, 6) is -0.892. The Kier molecular flexibility index (Phi) is 6.45. The molecular weight excluding hydrogens is 259 g/mol. The third-order valence-electron chi connectivity index (χ3n) is 3.40. The fourth-order valence-electron chi connectivity index (χ4n) is 2.23. The Morgan fingerprint density at radius 2 is 2.05 bits per heavy atom. The monoisotopic (exact) mass is 282 g/mol. The molecular formula is C15H23FN2O2. The van der Waals surface area contributed by atoms with Crippen LogP contribution in [0.4, 0.5) is 10.1 Å². The predicted molar refractivity (Wildman–Crippen MR) is 78.1 cm³/mol. The standard InChI is InChI=1S/C15H23FN2O2/c1-4-12(5-2)18(8-9-20-3)15(19)13-7-6-11(17)10-14(13)16/h6-7,10,12H,4-5,8-9,17H2,1-3H3. The molecule has 20 heavy (non-hydrogen) atoms. The van der Waals surface area contributed by atoms with E-state index in [4.69, 9.17) is 10.5 Å². The maximum absolute atomic E-state index is 13.9. The number of hydrogen-bond donors (Lipinski definition) is 1. The van der Waals surface area contributed by atoms with Gasteiger partial charge in [-0.2, -0.15) is 0 Å². The van der Waals surface area contributed by atoms with Crippen LogP contribution < -0.4 is 5.73 Å². The zero-order chi connectivity index (χ0) is 15.1. The Morgan fingerprint density at radius 3 is 2.55 bits per heavy atom. The van der Waals surface area contributed by atoms with Crippen molar-refractivity contribution >= 4 is 11.6 Å². The van der Waals surface area contributed by atoms with E-state index in [2.05, 4.69) is 0 Å². The van der Waals surface area contributed by atoms with Crippen molar-refractivity contribution in [2.45, 2.75) is 32.7 Å². The number of ether oxygens (including phenoxy) is 1. The first kappa shape index (κ1) is 16.4. The van der Waals surface area contributed by atoms with Crippen LogP contribution in [0.1, 0.15) is 37.0 Å². The SMILES string of the molecule is CCC(CC)N(CCOC)C(=O)c1ccc(N)cc1F. The molecule has 0 aliphatic rings. The van der Waals surface area contributed by atoms with E-state index in [9.17, 15) is 9.18 Å². The van der Waals surface area contributed by atoms with Crippen LogP contribution in [0.3, 0.4) is 0 Å². The molecule has 0 saturated carbocycles. The van der Waals surface area contributed by atoms with Gasteiger partial charge in [0.15, 0.2) is 0 Å². The molecule has 0 aliphatic carbocycles. The van der Waals surface area contributed by atoms with Gasteiger partial charge in [-0.3, -0.25) is 4.79 Å². The minimum Gasteiger partial charge on any atom is -0.399 e. The molecule has 112 valence electrons. The van der Waals surface area contributed by atoms with Crippen molar-refractivity contribution in [3.63, 3.8) is 0 Å². The van der Waals surface area contributed by atoms with Gasteiger partial charge in [-0.05, 0) is 31.0 Å². The average Bonchev–Trinajstić information content (AvgIpc) is 2.43. The summed E-state index contributed by atoms with van der Waals surface area (Å²) < 4.78 is 18.9. The van der Waals surface area contributed by atoms with E-state index in [-0.39, 0.29) is 17.5 Å². The molecule has 1 rings (SSSR count). The molecule has 0 saturated heterocycles. The molecule has 0 unspecified atom stereocenters. The summed E-state index contributed by atoms with van der Waals surface area (Å²) in [6, 6.07) is 4.23. The van der Waals surface area contributed by atoms with E-state index >= 15 is 0 Å². The second-order valence-corrected chi connectivity index (χ2v) is 4.70. The first-order valence-corrected chi connectivity index (χ1v) is 6.90. The third-order valence-corrected chi connectivity index (χ3v) is 3.40. The smallest absolute Gasteiger partial charge is 0.257 e. The second kappa shape index (κ2) is 7.85. The number of halogens is 1. The summed E-state index contributed by atoms with van der Waals surface area (Å²) in [7, 11) is 1.58. The highest BCUT2D eigenvalue weighted by atomic mass is 19.1. The molecule has 2 N–H and O–H groups in total. The van der Waals surface area contributed by atoms with Crippen molar-refractivity contribution in [3.8, 4) is 0 Å². The average molecular weight is 282 g/mol. The molecule has 4 nitrogen and oxygen atoms in total. The van der Waals surface area contributed by atoms with E-state index < -0.39 is 5.82 Å². The van der Waals surface area contributed by atoms with Crippen LogP contribution in [0.5, 0.6) is 0 Å². The predicted octanol–water partition coefficient (Wildman–Crippen LogP) is 2.69. The molecule has 0 aromatic heterocycles. The number of carbonyl (C=O) groups is 1. The van der Waals surface area contributed by atoms with Gasteiger partial charge in [0.2, 0.25) is 0 Å². The van der Waals surface area contributed by atoms with Crippen LogP contribution in [-0.4, -0.2) is 37.1 Å². The molecule has 0 aliphatic heterocycles. The largest absolute Gasteiger partial charge is 0.399 e. The number of nitrogen functional groups attached to an aromatic ring is 1. The van der Waals surface area contributed by atoms with Gasteiger partial charge in [-0.1, -0.05) is 13.8 Å². The lowest BCUT2D eigenvalue weighted by atomic mass is 10.1. The summed E-state index contributed by atoms with van der Waals surface area (Å²) in [5, 5.41) is 0. The number of nitrogens with two attached hydrogens (primary N) is 1. The highest BCUT2D eigenvalue weighted by Gasteiger charge is 2.24. The number of methoxy groups -OCH3 is 1. The van der Waals surface area contributed by atoms with Gasteiger partial charge in [0.1, 0.15) is 5.82 Å². The van der Waals surface area contributed by atoms with Crippen molar-refractivity contribution in [2.24, 2.45) is 0 Å². The molecule has 0 fully saturated rings. The molecule has 0 atom stereocenters. The van der Waals surface area contributed by atoms with Gasteiger partial charge in [-0.15, -0.1) is 0 Å². The maximum atomic E-state index is 13.9. The lowest BCUT2D eigenvalue weighted by molar-refractivity contribution is 0.0585. The maximum Gasteiger partial charge on any atom is 0.257 e. The van der Waals surface area contributed by atoms with E-state index in [1.165, 1.54) is 18.2 Å². The zero-order valence-corrected chi connectivity index (χ0v) is 12.4. The lowest BCUT2D eigenvalue weighted by Gasteiger charge is -2.30. The van der Waals surface area contributed by atoms with Gasteiger partial charge in [0.05, 0.1) is 12.2 Å². The minimum atomic E-state index is -0.580. The Labute approximate surface area is 119 Å². The van der Waals surface area contributed by atoms with Crippen molar-refractivity contribution in [3.05, 3.63) is 29.6 Å². The fraction of sp³-hybridized carbons (Fsp3) is 0.533. The quantitative estimate of drug-likeness (QED) is 0.782. The number of anilines is 1. The van der Waals surface area contributed by atoms with Crippen LogP contribution in [0.15, 0.2) is 18.2 Å². The topological polar surface area (TPSA) is 55.6 Å². The van der Waals surface area contributed by atoms with Gasteiger partial charge < -0.3 is 15.4 Å². The number of rotatable bonds is 7. The summed E-state index contributed by atoms with van der Waals surface area (Å²) in [5.41, 5.74) is 5.88. The molecule has 0 radical (unpaired) electrons. The van der Waals surface area contributed by atoms with E-state index in [1.54, 1.807) is 12.0 Å². The fourth-order valence-corrected chi connectivity index (χ4v) is 2.23. The molecule has 1 aromatic rings.